The zero-order valence-corrected chi connectivity index (χ0v) is 17.6. The van der Waals surface area contributed by atoms with E-state index in [9.17, 15) is 13.2 Å². The molecule has 0 bridgehead atoms. The summed E-state index contributed by atoms with van der Waals surface area (Å²) in [7, 11) is -3.11. The first kappa shape index (κ1) is 20.2. The fraction of sp³-hybridized carbons (Fsp3) is 0.316. The van der Waals surface area contributed by atoms with E-state index in [1.165, 1.54) is 0 Å². The number of carbonyl (C=O) groups excluding carboxylic acids is 1. The second-order valence-corrected chi connectivity index (χ2v) is 10.0. The van der Waals surface area contributed by atoms with E-state index in [0.717, 1.165) is 10.0 Å². The molecule has 1 unspecified atom stereocenters. The Labute approximate surface area is 172 Å². The van der Waals surface area contributed by atoms with E-state index in [4.69, 9.17) is 16.3 Å². The van der Waals surface area contributed by atoms with E-state index < -0.39 is 9.84 Å². The van der Waals surface area contributed by atoms with Gasteiger partial charge < -0.3 is 9.64 Å². The molecule has 1 aliphatic rings. The van der Waals surface area contributed by atoms with Crippen LogP contribution in [-0.2, 0) is 21.2 Å². The summed E-state index contributed by atoms with van der Waals surface area (Å²) in [4.78, 5) is 14.4. The van der Waals surface area contributed by atoms with E-state index >= 15 is 0 Å². The Morgan fingerprint density at radius 1 is 1.22 bits per heavy atom. The van der Waals surface area contributed by atoms with Crippen LogP contribution in [0.15, 0.2) is 53.0 Å². The average Bonchev–Trinajstić information content (AvgIpc) is 2.98. The predicted molar refractivity (Wildman–Crippen MR) is 109 cm³/mol. The molecule has 144 valence electrons. The van der Waals surface area contributed by atoms with Gasteiger partial charge in [0.05, 0.1) is 11.5 Å². The zero-order valence-electron chi connectivity index (χ0n) is 14.5. The zero-order chi connectivity index (χ0) is 19.4. The van der Waals surface area contributed by atoms with Crippen molar-refractivity contribution >= 4 is 43.3 Å². The largest absolute Gasteiger partial charge is 0.484 e. The Balaban J connectivity index is 1.73. The molecule has 0 spiro atoms. The Morgan fingerprint density at radius 3 is 2.59 bits per heavy atom. The summed E-state index contributed by atoms with van der Waals surface area (Å²) in [6.07, 6.45) is 0.437. The average molecular weight is 473 g/mol. The molecule has 5 nitrogen and oxygen atoms in total. The van der Waals surface area contributed by atoms with Gasteiger partial charge in [-0.15, -0.1) is 0 Å². The molecule has 1 saturated heterocycles. The van der Waals surface area contributed by atoms with Crippen molar-refractivity contribution in [2.75, 3.05) is 18.1 Å². The maximum Gasteiger partial charge on any atom is 0.261 e. The minimum Gasteiger partial charge on any atom is -0.484 e. The number of benzene rings is 2. The highest BCUT2D eigenvalue weighted by molar-refractivity contribution is 9.10. The van der Waals surface area contributed by atoms with Crippen LogP contribution in [0.4, 0.5) is 0 Å². The standard InChI is InChI=1S/C19H19BrClNO4S/c20-15-4-6-18(7-5-15)26-12-19(23)22(17-8-9-27(24,25)13-17)11-14-2-1-3-16(21)10-14/h1-7,10,17H,8-9,11-13H2. The molecule has 2 aromatic carbocycles. The predicted octanol–water partition coefficient (Wildman–Crippen LogP) is 3.70. The van der Waals surface area contributed by atoms with Crippen LogP contribution in [0, 0.1) is 0 Å². The number of nitrogens with zero attached hydrogens (tertiary/aromatic N) is 1. The van der Waals surface area contributed by atoms with Gasteiger partial charge in [-0.1, -0.05) is 39.7 Å². The van der Waals surface area contributed by atoms with Crippen LogP contribution in [0.1, 0.15) is 12.0 Å². The summed E-state index contributed by atoms with van der Waals surface area (Å²) in [5, 5.41) is 0.574. The Kier molecular flexibility index (Phi) is 6.44. The highest BCUT2D eigenvalue weighted by Crippen LogP contribution is 2.22. The Bertz CT molecular complexity index is 918. The maximum atomic E-state index is 12.8. The fourth-order valence-corrected chi connectivity index (χ4v) is 5.24. The SMILES string of the molecule is O=C(COc1ccc(Br)cc1)N(Cc1cccc(Cl)c1)C1CCS(=O)(=O)C1. The van der Waals surface area contributed by atoms with E-state index in [1.807, 2.05) is 24.3 Å². The van der Waals surface area contributed by atoms with E-state index in [1.54, 1.807) is 29.2 Å². The second-order valence-electron chi connectivity index (χ2n) is 6.45. The van der Waals surface area contributed by atoms with Gasteiger partial charge in [-0.25, -0.2) is 8.42 Å². The van der Waals surface area contributed by atoms with Crippen molar-refractivity contribution < 1.29 is 17.9 Å². The Morgan fingerprint density at radius 2 is 1.96 bits per heavy atom. The lowest BCUT2D eigenvalue weighted by Gasteiger charge is -2.28. The smallest absolute Gasteiger partial charge is 0.261 e. The molecule has 3 rings (SSSR count). The van der Waals surface area contributed by atoms with E-state index in [-0.39, 0.29) is 30.1 Å². The van der Waals surface area contributed by atoms with Crippen molar-refractivity contribution in [2.24, 2.45) is 0 Å². The van der Waals surface area contributed by atoms with Gasteiger partial charge in [-0.05, 0) is 48.4 Å². The van der Waals surface area contributed by atoms with Gasteiger partial charge in [0.1, 0.15) is 5.75 Å². The molecule has 1 amide bonds. The van der Waals surface area contributed by atoms with Gasteiger partial charge in [-0.3, -0.25) is 4.79 Å². The monoisotopic (exact) mass is 471 g/mol. The first-order valence-electron chi connectivity index (χ1n) is 8.45. The molecule has 0 saturated carbocycles. The maximum absolute atomic E-state index is 12.8. The number of rotatable bonds is 6. The third-order valence-corrected chi connectivity index (χ3v) is 6.90. The highest BCUT2D eigenvalue weighted by Gasteiger charge is 2.34. The van der Waals surface area contributed by atoms with E-state index in [2.05, 4.69) is 15.9 Å². The molecule has 0 aliphatic carbocycles. The first-order chi connectivity index (χ1) is 12.8. The van der Waals surface area contributed by atoms with Gasteiger partial charge in [0, 0.05) is 22.1 Å². The van der Waals surface area contributed by atoms with Gasteiger partial charge in [0.2, 0.25) is 0 Å². The molecule has 2 aromatic rings. The molecule has 8 heteroatoms. The molecule has 27 heavy (non-hydrogen) atoms. The summed E-state index contributed by atoms with van der Waals surface area (Å²) >= 11 is 9.39. The topological polar surface area (TPSA) is 63.7 Å². The van der Waals surface area contributed by atoms with Crippen LogP contribution in [0.3, 0.4) is 0 Å². The number of sulfone groups is 1. The minimum atomic E-state index is -3.11. The molecular formula is C19H19BrClNO4S. The number of hydrogen-bond donors (Lipinski definition) is 0. The number of amides is 1. The van der Waals surface area contributed by atoms with Gasteiger partial charge >= 0.3 is 0 Å². The van der Waals surface area contributed by atoms with Crippen molar-refractivity contribution in [1.82, 2.24) is 4.90 Å². The molecule has 1 atom stereocenters. The van der Waals surface area contributed by atoms with Crippen LogP contribution in [0.25, 0.3) is 0 Å². The molecule has 1 heterocycles. The van der Waals surface area contributed by atoms with Crippen LogP contribution in [0.2, 0.25) is 5.02 Å². The summed E-state index contributed by atoms with van der Waals surface area (Å²) in [5.41, 5.74) is 0.851. The summed E-state index contributed by atoms with van der Waals surface area (Å²) in [6, 6.07) is 14.0. The first-order valence-corrected chi connectivity index (χ1v) is 11.4. The molecular weight excluding hydrogens is 454 g/mol. The van der Waals surface area contributed by atoms with Gasteiger partial charge in [-0.2, -0.15) is 0 Å². The molecule has 0 aromatic heterocycles. The summed E-state index contributed by atoms with van der Waals surface area (Å²) in [5.74, 6) is 0.413. The number of ether oxygens (including phenoxy) is 1. The van der Waals surface area contributed by atoms with Gasteiger partial charge in [0.25, 0.3) is 5.91 Å². The second kappa shape index (κ2) is 8.63. The molecule has 1 aliphatic heterocycles. The van der Waals surface area contributed by atoms with Crippen LogP contribution >= 0.6 is 27.5 Å². The van der Waals surface area contributed by atoms with Gasteiger partial charge in [0.15, 0.2) is 16.4 Å². The lowest BCUT2D eigenvalue weighted by molar-refractivity contribution is -0.136. The van der Waals surface area contributed by atoms with Crippen molar-refractivity contribution in [3.05, 3.63) is 63.6 Å². The quantitative estimate of drug-likeness (QED) is 0.643. The number of carbonyl (C=O) groups is 1. The summed E-state index contributed by atoms with van der Waals surface area (Å²) in [6.45, 7) is 0.141. The van der Waals surface area contributed by atoms with Crippen molar-refractivity contribution in [3.63, 3.8) is 0 Å². The normalized spacial score (nSPS) is 18.2. The highest BCUT2D eigenvalue weighted by atomic mass is 79.9. The minimum absolute atomic E-state index is 0.0163. The molecule has 0 N–H and O–H groups in total. The lowest BCUT2D eigenvalue weighted by Crippen LogP contribution is -2.43. The molecule has 1 fully saturated rings. The van der Waals surface area contributed by atoms with Crippen molar-refractivity contribution in [2.45, 2.75) is 19.0 Å². The van der Waals surface area contributed by atoms with Crippen LogP contribution in [-0.4, -0.2) is 43.4 Å². The van der Waals surface area contributed by atoms with Crippen LogP contribution < -0.4 is 4.74 Å². The third kappa shape index (κ3) is 5.70. The summed E-state index contributed by atoms with van der Waals surface area (Å²) < 4.78 is 30.3. The van der Waals surface area contributed by atoms with Crippen molar-refractivity contribution in [1.29, 1.82) is 0 Å². The fourth-order valence-electron chi connectivity index (χ4n) is 3.03. The number of hydrogen-bond acceptors (Lipinski definition) is 4. The third-order valence-electron chi connectivity index (χ3n) is 4.39. The number of halogens is 2. The Hall–Kier alpha value is -1.57. The van der Waals surface area contributed by atoms with Crippen molar-refractivity contribution in [3.8, 4) is 5.75 Å². The lowest BCUT2D eigenvalue weighted by atomic mass is 10.1. The van der Waals surface area contributed by atoms with E-state index in [0.29, 0.717) is 23.7 Å². The van der Waals surface area contributed by atoms with Crippen LogP contribution in [0.5, 0.6) is 5.75 Å². The molecule has 0 radical (unpaired) electrons.